The summed E-state index contributed by atoms with van der Waals surface area (Å²) in [4.78, 5) is 89.4. The summed E-state index contributed by atoms with van der Waals surface area (Å²) < 4.78 is 0. The molecule has 6 N–H and O–H groups in total. The number of hydrogen-bond donors (Lipinski definition) is 6. The Morgan fingerprint density at radius 2 is 0.721 bits per heavy atom. The van der Waals surface area contributed by atoms with Crippen molar-refractivity contribution in [3.05, 3.63) is 0 Å². The Balaban J connectivity index is 3.12. The largest absolute Gasteiger partial charge is 0.480 e. The van der Waals surface area contributed by atoms with Crippen LogP contribution in [0.15, 0.2) is 0 Å². The van der Waals surface area contributed by atoms with Gasteiger partial charge in [0, 0.05) is 65.4 Å². The fourth-order valence-electron chi connectivity index (χ4n) is 4.39. The molecule has 1 aliphatic rings. The molecule has 0 aromatic carbocycles. The van der Waals surface area contributed by atoms with Gasteiger partial charge in [-0.25, -0.2) is 0 Å². The van der Waals surface area contributed by atoms with E-state index in [1.54, 1.807) is 19.6 Å². The number of aliphatic carboxylic acids is 6. The molecule has 43 heavy (non-hydrogen) atoms. The second kappa shape index (κ2) is 19.3. The molecule has 0 bridgehead atoms. The van der Waals surface area contributed by atoms with E-state index in [0.717, 1.165) is 9.80 Å². The molecule has 0 aromatic heterocycles. The third-order valence-electron chi connectivity index (χ3n) is 6.45. The monoisotopic (exact) mass is 620 g/mol. The van der Waals surface area contributed by atoms with Crippen LogP contribution in [0.1, 0.15) is 0 Å². The highest BCUT2D eigenvalue weighted by Gasteiger charge is 2.24. The summed E-state index contributed by atoms with van der Waals surface area (Å²) in [5, 5.41) is 55.4. The molecule has 0 saturated carbocycles. The van der Waals surface area contributed by atoms with E-state index in [-0.39, 0.29) is 91.6 Å². The summed E-state index contributed by atoms with van der Waals surface area (Å²) in [5.74, 6) is -7.96. The number of nitrogens with zero attached hydrogens (tertiary/aromatic N) is 6. The quantitative estimate of drug-likeness (QED) is 0.0901. The second-order valence-electron chi connectivity index (χ2n) is 9.99. The number of carbonyl (C=O) groups is 7. The molecule has 0 aliphatic carbocycles. The molecule has 1 rings (SSSR count). The van der Waals surface area contributed by atoms with Crippen molar-refractivity contribution in [3.8, 4) is 0 Å². The van der Waals surface area contributed by atoms with Crippen LogP contribution in [0.25, 0.3) is 0 Å². The highest BCUT2D eigenvalue weighted by molar-refractivity contribution is 5.82. The first-order chi connectivity index (χ1) is 20.1. The number of carboxylic acids is 6. The van der Waals surface area contributed by atoms with Crippen LogP contribution >= 0.6 is 0 Å². The Kier molecular flexibility index (Phi) is 16.7. The van der Waals surface area contributed by atoms with Crippen LogP contribution in [0.3, 0.4) is 0 Å². The lowest BCUT2D eigenvalue weighted by Gasteiger charge is -2.33. The standard InChI is InChI=1S/C24H40N6O13/c31-18(30(17-24(42)43)10-9-29(15-22(38)39)16-23(40)41)11-25-1-3-26(12-19(32)33)5-7-28(14-21(36)37)8-6-27(4-2-25)13-20(34)35/h1-17H2,(H,32,33)(H,34,35)(H,36,37)(H,38,39)(H,40,41)(H,42,43). The van der Waals surface area contributed by atoms with E-state index in [0.29, 0.717) is 0 Å². The van der Waals surface area contributed by atoms with Crippen molar-refractivity contribution < 1.29 is 64.2 Å². The Morgan fingerprint density at radius 1 is 0.419 bits per heavy atom. The number of carboxylic acid groups (broad SMARTS) is 6. The Hall–Kier alpha value is -3.91. The van der Waals surface area contributed by atoms with Gasteiger partial charge in [-0.2, -0.15) is 0 Å². The second-order valence-corrected chi connectivity index (χ2v) is 9.99. The predicted octanol–water partition coefficient (Wildman–Crippen LogP) is -4.15. The zero-order valence-electron chi connectivity index (χ0n) is 23.7. The van der Waals surface area contributed by atoms with Gasteiger partial charge in [-0.1, -0.05) is 0 Å². The van der Waals surface area contributed by atoms with Crippen LogP contribution in [0.2, 0.25) is 0 Å². The predicted molar refractivity (Wildman–Crippen MR) is 145 cm³/mol. The zero-order chi connectivity index (χ0) is 32.5. The van der Waals surface area contributed by atoms with Gasteiger partial charge in [0.1, 0.15) is 6.54 Å². The smallest absolute Gasteiger partial charge is 0.323 e. The van der Waals surface area contributed by atoms with Crippen LogP contribution in [-0.4, -0.2) is 213 Å². The molecule has 0 unspecified atom stereocenters. The van der Waals surface area contributed by atoms with Crippen molar-refractivity contribution in [2.24, 2.45) is 0 Å². The van der Waals surface area contributed by atoms with Crippen LogP contribution in [0.5, 0.6) is 0 Å². The summed E-state index contributed by atoms with van der Waals surface area (Å²) in [6.07, 6.45) is 0. The Morgan fingerprint density at radius 3 is 1.00 bits per heavy atom. The third kappa shape index (κ3) is 17.6. The van der Waals surface area contributed by atoms with E-state index in [2.05, 4.69) is 0 Å². The summed E-state index contributed by atoms with van der Waals surface area (Å²) >= 11 is 0. The Bertz CT molecular complexity index is 949. The van der Waals surface area contributed by atoms with E-state index < -0.39 is 61.4 Å². The summed E-state index contributed by atoms with van der Waals surface area (Å²) in [7, 11) is 0. The zero-order valence-corrected chi connectivity index (χ0v) is 23.7. The Labute approximate surface area is 247 Å². The van der Waals surface area contributed by atoms with Gasteiger partial charge in [-0.3, -0.25) is 58.1 Å². The van der Waals surface area contributed by atoms with Crippen LogP contribution in [0, 0.1) is 0 Å². The van der Waals surface area contributed by atoms with Crippen molar-refractivity contribution in [1.82, 2.24) is 29.4 Å². The van der Waals surface area contributed by atoms with E-state index in [4.69, 9.17) is 10.2 Å². The van der Waals surface area contributed by atoms with Crippen molar-refractivity contribution in [1.29, 1.82) is 0 Å². The molecule has 19 nitrogen and oxygen atoms in total. The first kappa shape index (κ1) is 37.1. The lowest BCUT2D eigenvalue weighted by atomic mass is 10.3. The molecular formula is C24H40N6O13. The lowest BCUT2D eigenvalue weighted by molar-refractivity contribution is -0.146. The molecule has 19 heteroatoms. The van der Waals surface area contributed by atoms with Crippen molar-refractivity contribution in [3.63, 3.8) is 0 Å². The number of rotatable bonds is 17. The molecule has 0 aromatic rings. The van der Waals surface area contributed by atoms with Crippen molar-refractivity contribution >= 4 is 41.7 Å². The number of amides is 1. The molecule has 1 aliphatic heterocycles. The maximum atomic E-state index is 13.2. The topological polar surface area (TPSA) is 260 Å². The fraction of sp³-hybridized carbons (Fsp3) is 0.708. The third-order valence-corrected chi connectivity index (χ3v) is 6.45. The van der Waals surface area contributed by atoms with E-state index in [9.17, 15) is 54.0 Å². The van der Waals surface area contributed by atoms with Gasteiger partial charge in [-0.05, 0) is 0 Å². The van der Waals surface area contributed by atoms with Crippen LogP contribution in [-0.2, 0) is 33.6 Å². The minimum absolute atomic E-state index is 0.129. The number of hydrogen-bond acceptors (Lipinski definition) is 12. The van der Waals surface area contributed by atoms with E-state index >= 15 is 0 Å². The van der Waals surface area contributed by atoms with Gasteiger partial charge in [0.2, 0.25) is 5.91 Å². The molecular weight excluding hydrogens is 580 g/mol. The average Bonchev–Trinajstić information content (AvgIpc) is 2.86. The van der Waals surface area contributed by atoms with Gasteiger partial charge in [0.15, 0.2) is 0 Å². The SMILES string of the molecule is O=C(O)CN1CCN(CC(=O)O)CCN(CC(=O)N(CCN(CC(=O)O)CC(=O)O)CC(=O)O)CCN(CC(=O)O)CC1. The minimum atomic E-state index is -1.35. The molecule has 0 radical (unpaired) electrons. The summed E-state index contributed by atoms with van der Waals surface area (Å²) in [6.45, 7) is -2.64. The fourth-order valence-corrected chi connectivity index (χ4v) is 4.39. The molecule has 1 heterocycles. The first-order valence-corrected chi connectivity index (χ1v) is 13.3. The maximum Gasteiger partial charge on any atom is 0.323 e. The highest BCUT2D eigenvalue weighted by Crippen LogP contribution is 2.04. The average molecular weight is 621 g/mol. The first-order valence-electron chi connectivity index (χ1n) is 13.3. The normalized spacial score (nSPS) is 16.6. The molecule has 1 saturated heterocycles. The van der Waals surface area contributed by atoms with Gasteiger partial charge >= 0.3 is 35.8 Å². The number of carbonyl (C=O) groups excluding carboxylic acids is 1. The highest BCUT2D eigenvalue weighted by atomic mass is 16.4. The summed E-state index contributed by atoms with van der Waals surface area (Å²) in [6, 6.07) is 0. The molecule has 0 atom stereocenters. The van der Waals surface area contributed by atoms with Gasteiger partial charge in [-0.15, -0.1) is 0 Å². The minimum Gasteiger partial charge on any atom is -0.480 e. The maximum absolute atomic E-state index is 13.2. The lowest BCUT2D eigenvalue weighted by Crippen LogP contribution is -2.51. The molecule has 1 fully saturated rings. The summed E-state index contributed by atoms with van der Waals surface area (Å²) in [5.41, 5.74) is 0. The van der Waals surface area contributed by atoms with Gasteiger partial charge in [0.25, 0.3) is 0 Å². The van der Waals surface area contributed by atoms with Crippen molar-refractivity contribution in [2.45, 2.75) is 0 Å². The van der Waals surface area contributed by atoms with E-state index in [1.807, 2.05) is 0 Å². The van der Waals surface area contributed by atoms with Crippen LogP contribution < -0.4 is 0 Å². The molecule has 244 valence electrons. The van der Waals surface area contributed by atoms with Gasteiger partial charge in [0.05, 0.1) is 39.3 Å². The molecule has 0 spiro atoms. The van der Waals surface area contributed by atoms with E-state index in [1.165, 1.54) is 0 Å². The molecule has 1 amide bonds. The van der Waals surface area contributed by atoms with Gasteiger partial charge < -0.3 is 35.5 Å². The van der Waals surface area contributed by atoms with Crippen molar-refractivity contribution in [2.75, 3.05) is 111 Å². The van der Waals surface area contributed by atoms with Crippen LogP contribution in [0.4, 0.5) is 0 Å².